The maximum Gasteiger partial charge on any atom is 0.416 e. The van der Waals surface area contributed by atoms with Gasteiger partial charge in [0.05, 0.1) is 29.4 Å². The van der Waals surface area contributed by atoms with Crippen molar-refractivity contribution < 1.29 is 22.8 Å². The van der Waals surface area contributed by atoms with Crippen LogP contribution in [0.3, 0.4) is 0 Å². The summed E-state index contributed by atoms with van der Waals surface area (Å²) >= 11 is 0. The molecule has 0 radical (unpaired) electrons. The molecule has 28 heavy (non-hydrogen) atoms. The number of alkyl halides is 3. The first-order chi connectivity index (χ1) is 13.1. The van der Waals surface area contributed by atoms with Gasteiger partial charge in [-0.15, -0.1) is 0 Å². The molecule has 0 spiro atoms. The molecule has 0 saturated heterocycles. The van der Waals surface area contributed by atoms with E-state index in [1.54, 1.807) is 49.3 Å². The number of carbonyl (C=O) groups excluding carboxylic acids is 2. The molecular weight excluding hydrogens is 371 g/mol. The van der Waals surface area contributed by atoms with Crippen molar-refractivity contribution in [3.63, 3.8) is 0 Å². The molecule has 2 aromatic carbocycles. The molecule has 0 bridgehead atoms. The number of halogens is 3. The van der Waals surface area contributed by atoms with Gasteiger partial charge in [-0.2, -0.15) is 13.2 Å². The van der Waals surface area contributed by atoms with Gasteiger partial charge in [0.2, 0.25) is 11.8 Å². The van der Waals surface area contributed by atoms with Crippen molar-refractivity contribution in [3.8, 4) is 0 Å². The standard InChI is InChI=1S/C20H22F3N3O2/c1-13(27)24-16(14-7-5-4-6-8-14)12-19(28)25-17-11-15(20(21,22)23)9-10-18(17)26(2)3/h4-11,16H,12H2,1-3H3,(H,24,27)(H,25,28). The van der Waals surface area contributed by atoms with E-state index in [0.717, 1.165) is 17.7 Å². The van der Waals surface area contributed by atoms with E-state index >= 15 is 0 Å². The Morgan fingerprint density at radius 2 is 1.71 bits per heavy atom. The van der Waals surface area contributed by atoms with Crippen LogP contribution in [0.2, 0.25) is 0 Å². The average Bonchev–Trinajstić information content (AvgIpc) is 2.60. The van der Waals surface area contributed by atoms with Crippen LogP contribution < -0.4 is 15.5 Å². The molecule has 1 unspecified atom stereocenters. The molecule has 0 aliphatic heterocycles. The molecule has 2 amide bonds. The lowest BCUT2D eigenvalue weighted by Gasteiger charge is -2.21. The molecule has 0 fully saturated rings. The summed E-state index contributed by atoms with van der Waals surface area (Å²) in [7, 11) is 3.34. The summed E-state index contributed by atoms with van der Waals surface area (Å²) in [6.07, 6.45) is -4.64. The van der Waals surface area contributed by atoms with Gasteiger partial charge < -0.3 is 15.5 Å². The van der Waals surface area contributed by atoms with Crippen molar-refractivity contribution in [1.82, 2.24) is 5.32 Å². The van der Waals surface area contributed by atoms with Gasteiger partial charge >= 0.3 is 6.18 Å². The van der Waals surface area contributed by atoms with Gasteiger partial charge in [0, 0.05) is 21.0 Å². The molecule has 0 aromatic heterocycles. The first kappa shape index (κ1) is 21.3. The minimum atomic E-state index is -4.52. The number of carbonyl (C=O) groups is 2. The van der Waals surface area contributed by atoms with Gasteiger partial charge in [0.1, 0.15) is 0 Å². The van der Waals surface area contributed by atoms with Crippen LogP contribution in [-0.4, -0.2) is 25.9 Å². The number of benzene rings is 2. The zero-order valence-corrected chi connectivity index (χ0v) is 15.8. The summed E-state index contributed by atoms with van der Waals surface area (Å²) in [5, 5.41) is 5.24. The Labute approximate surface area is 161 Å². The zero-order chi connectivity index (χ0) is 20.9. The normalized spacial score (nSPS) is 12.2. The molecule has 0 aliphatic rings. The van der Waals surface area contributed by atoms with Crippen molar-refractivity contribution in [2.24, 2.45) is 0 Å². The topological polar surface area (TPSA) is 61.4 Å². The summed E-state index contributed by atoms with van der Waals surface area (Å²) in [6.45, 7) is 1.34. The third-order valence-electron chi connectivity index (χ3n) is 4.05. The highest BCUT2D eigenvalue weighted by molar-refractivity contribution is 5.95. The van der Waals surface area contributed by atoms with Gasteiger partial charge in [-0.3, -0.25) is 9.59 Å². The van der Waals surface area contributed by atoms with Crippen LogP contribution in [0.1, 0.15) is 30.5 Å². The lowest BCUT2D eigenvalue weighted by atomic mass is 10.0. The van der Waals surface area contributed by atoms with Gasteiger partial charge in [-0.25, -0.2) is 0 Å². The third-order valence-corrected chi connectivity index (χ3v) is 4.05. The molecule has 2 rings (SSSR count). The van der Waals surface area contributed by atoms with Crippen molar-refractivity contribution in [2.45, 2.75) is 25.6 Å². The Kier molecular flexibility index (Phi) is 6.66. The number of amides is 2. The predicted molar refractivity (Wildman–Crippen MR) is 102 cm³/mol. The van der Waals surface area contributed by atoms with E-state index in [1.807, 2.05) is 0 Å². The SMILES string of the molecule is CC(=O)NC(CC(=O)Nc1cc(C(F)(F)F)ccc1N(C)C)c1ccccc1. The second kappa shape index (κ2) is 8.77. The second-order valence-corrected chi connectivity index (χ2v) is 6.54. The molecule has 0 heterocycles. The lowest BCUT2D eigenvalue weighted by molar-refractivity contribution is -0.137. The Morgan fingerprint density at radius 3 is 2.25 bits per heavy atom. The maximum atomic E-state index is 13.0. The fourth-order valence-corrected chi connectivity index (χ4v) is 2.77. The van der Waals surface area contributed by atoms with Crippen molar-refractivity contribution in [1.29, 1.82) is 0 Å². The first-order valence-electron chi connectivity index (χ1n) is 8.58. The molecule has 0 aliphatic carbocycles. The molecule has 2 aromatic rings. The van der Waals surface area contributed by atoms with Gasteiger partial charge in [-0.05, 0) is 23.8 Å². The average molecular weight is 393 g/mol. The lowest BCUT2D eigenvalue weighted by Crippen LogP contribution is -2.30. The van der Waals surface area contributed by atoms with Gasteiger partial charge in [-0.1, -0.05) is 30.3 Å². The van der Waals surface area contributed by atoms with Gasteiger partial charge in [0.15, 0.2) is 0 Å². The van der Waals surface area contributed by atoms with Crippen molar-refractivity contribution in [3.05, 3.63) is 59.7 Å². The molecule has 150 valence electrons. The van der Waals surface area contributed by atoms with Crippen LogP contribution in [0, 0.1) is 0 Å². The number of hydrogen-bond acceptors (Lipinski definition) is 3. The first-order valence-corrected chi connectivity index (χ1v) is 8.58. The highest BCUT2D eigenvalue weighted by Gasteiger charge is 2.31. The van der Waals surface area contributed by atoms with E-state index in [2.05, 4.69) is 10.6 Å². The fraction of sp³-hybridized carbons (Fsp3) is 0.300. The summed E-state index contributed by atoms with van der Waals surface area (Å²) in [5.41, 5.74) is 0.371. The van der Waals surface area contributed by atoms with E-state index in [4.69, 9.17) is 0 Å². The highest BCUT2D eigenvalue weighted by atomic mass is 19.4. The van der Waals surface area contributed by atoms with E-state index < -0.39 is 23.7 Å². The van der Waals surface area contributed by atoms with Crippen molar-refractivity contribution in [2.75, 3.05) is 24.3 Å². The van der Waals surface area contributed by atoms with Gasteiger partial charge in [0.25, 0.3) is 0 Å². The Balaban J connectivity index is 2.25. The Bertz CT molecular complexity index is 836. The number of nitrogens with one attached hydrogen (secondary N) is 2. The molecule has 1 atom stereocenters. The van der Waals surface area contributed by atoms with Crippen LogP contribution in [0.15, 0.2) is 48.5 Å². The van der Waals surface area contributed by atoms with Crippen LogP contribution in [0.25, 0.3) is 0 Å². The quantitative estimate of drug-likeness (QED) is 0.781. The smallest absolute Gasteiger partial charge is 0.376 e. The van der Waals surface area contributed by atoms with E-state index in [-0.39, 0.29) is 18.0 Å². The molecule has 5 nitrogen and oxygen atoms in total. The summed E-state index contributed by atoms with van der Waals surface area (Å²) < 4.78 is 39.1. The summed E-state index contributed by atoms with van der Waals surface area (Å²) in [5.74, 6) is -0.820. The Morgan fingerprint density at radius 1 is 1.07 bits per heavy atom. The second-order valence-electron chi connectivity index (χ2n) is 6.54. The minimum absolute atomic E-state index is 0.0551. The van der Waals surface area contributed by atoms with Crippen LogP contribution in [0.5, 0.6) is 0 Å². The number of anilines is 2. The fourth-order valence-electron chi connectivity index (χ4n) is 2.77. The maximum absolute atomic E-state index is 13.0. The third kappa shape index (κ3) is 5.73. The van der Waals surface area contributed by atoms with Crippen LogP contribution >= 0.6 is 0 Å². The number of rotatable bonds is 6. The highest BCUT2D eigenvalue weighted by Crippen LogP contribution is 2.35. The van der Waals surface area contributed by atoms with Crippen molar-refractivity contribution >= 4 is 23.2 Å². The van der Waals surface area contributed by atoms with Crippen LogP contribution in [-0.2, 0) is 15.8 Å². The van der Waals surface area contributed by atoms with E-state index in [0.29, 0.717) is 5.69 Å². The minimum Gasteiger partial charge on any atom is -0.376 e. The molecule has 2 N–H and O–H groups in total. The van der Waals surface area contributed by atoms with Crippen LogP contribution in [0.4, 0.5) is 24.5 Å². The number of hydrogen-bond donors (Lipinski definition) is 2. The number of nitrogens with zero attached hydrogens (tertiary/aromatic N) is 1. The molecule has 0 saturated carbocycles. The molecule has 8 heteroatoms. The van der Waals surface area contributed by atoms with E-state index in [9.17, 15) is 22.8 Å². The summed E-state index contributed by atoms with van der Waals surface area (Å²) in [4.78, 5) is 25.7. The largest absolute Gasteiger partial charge is 0.416 e. The summed E-state index contributed by atoms with van der Waals surface area (Å²) in [6, 6.07) is 11.5. The molecular formula is C20H22F3N3O2. The van der Waals surface area contributed by atoms with E-state index in [1.165, 1.54) is 13.0 Å². The Hall–Kier alpha value is -3.03. The predicted octanol–water partition coefficient (Wildman–Crippen LogP) is 3.98. The monoisotopic (exact) mass is 393 g/mol. The zero-order valence-electron chi connectivity index (χ0n) is 15.8.